The average Bonchev–Trinajstić information content (AvgIpc) is 1.58. The minimum Gasteiger partial charge on any atom is -0.308 e. The highest BCUT2D eigenvalue weighted by atomic mass is 15.0. The highest BCUT2D eigenvalue weighted by Gasteiger charge is 2.22. The molecule has 0 bridgehead atoms. The fraction of sp³-hybridized carbons (Fsp3) is 0.0471. The molecule has 0 aliphatic heterocycles. The molecule has 13 nitrogen and oxygen atoms in total. The molecule has 0 spiro atoms. The van der Waals surface area contributed by atoms with Gasteiger partial charge in [0.05, 0.1) is 149 Å². The van der Waals surface area contributed by atoms with Crippen molar-refractivity contribution in [3.8, 4) is 134 Å². The highest BCUT2D eigenvalue weighted by Crippen LogP contribution is 2.42. The van der Waals surface area contributed by atoms with Crippen LogP contribution in [0.25, 0.3) is 116 Å². The molecular formula is C85H49N13. The lowest BCUT2D eigenvalue weighted by atomic mass is 9.98. The molecule has 0 aliphatic carbocycles. The molecule has 0 atom stereocenters. The molecule has 0 amide bonds. The number of fused-ring (bicyclic) bond motifs is 6. The van der Waals surface area contributed by atoms with E-state index in [1.165, 1.54) is 24.3 Å². The second-order valence-electron chi connectivity index (χ2n) is 22.6. The van der Waals surface area contributed by atoms with Crippen LogP contribution in [0.1, 0.15) is 93.1 Å². The van der Waals surface area contributed by atoms with Crippen LogP contribution < -0.4 is 0 Å². The Hall–Kier alpha value is -15.1. The Morgan fingerprint density at radius 1 is 0.296 bits per heavy atom. The second-order valence-corrected chi connectivity index (χ2v) is 22.6. The summed E-state index contributed by atoms with van der Waals surface area (Å²) in [5.74, 6) is 0. The van der Waals surface area contributed by atoms with Crippen molar-refractivity contribution in [2.24, 2.45) is 0 Å². The lowest BCUT2D eigenvalue weighted by Crippen LogP contribution is -2.00. The molecular weight excluding hydrogens is 1200 g/mol. The molecule has 454 valence electrons. The lowest BCUT2D eigenvalue weighted by molar-refractivity contribution is 1.16. The summed E-state index contributed by atoms with van der Waals surface area (Å²) < 4.78 is 3.99. The Kier molecular flexibility index (Phi) is 18.3. The van der Waals surface area contributed by atoms with Gasteiger partial charge >= 0.3 is 0 Å². The summed E-state index contributed by atoms with van der Waals surface area (Å²) in [6.45, 7) is 11.9. The minimum absolute atomic E-state index is 0.317. The molecule has 2 aromatic heterocycles. The van der Waals surface area contributed by atoms with Gasteiger partial charge in [0.2, 0.25) is 0 Å². The number of nitrogens with zero attached hydrogens (tertiary/aromatic N) is 13. The van der Waals surface area contributed by atoms with Gasteiger partial charge in [-0.3, -0.25) is 0 Å². The van der Waals surface area contributed by atoms with Crippen LogP contribution >= 0.6 is 0 Å². The lowest BCUT2D eigenvalue weighted by Gasteiger charge is -2.16. The van der Waals surface area contributed by atoms with Gasteiger partial charge in [0, 0.05) is 21.5 Å². The molecule has 13 aromatic rings. The number of hydrogen-bond donors (Lipinski definition) is 0. The quantitative estimate of drug-likeness (QED) is 0.123. The predicted octanol–water partition coefficient (Wildman–Crippen LogP) is 19.4. The fourth-order valence-corrected chi connectivity index (χ4v) is 12.3. The van der Waals surface area contributed by atoms with Gasteiger partial charge in [-0.2, -0.15) is 57.9 Å². The third-order valence-corrected chi connectivity index (χ3v) is 16.6. The molecule has 11 aromatic carbocycles. The van der Waals surface area contributed by atoms with Crippen LogP contribution in [0.15, 0.2) is 219 Å². The van der Waals surface area contributed by atoms with Crippen molar-refractivity contribution in [2.75, 3.05) is 0 Å². The van der Waals surface area contributed by atoms with Crippen LogP contribution in [0.4, 0.5) is 0 Å². The van der Waals surface area contributed by atoms with Crippen molar-refractivity contribution in [3.63, 3.8) is 0 Å². The zero-order valence-electron chi connectivity index (χ0n) is 53.2. The molecule has 0 saturated heterocycles. The molecule has 0 fully saturated rings. The third-order valence-electron chi connectivity index (χ3n) is 16.6. The number of nitriles is 11. The summed E-state index contributed by atoms with van der Waals surface area (Å²) in [5, 5.41) is 114. The van der Waals surface area contributed by atoms with Crippen molar-refractivity contribution in [1.29, 1.82) is 57.9 Å². The first kappa shape index (κ1) is 64.4. The van der Waals surface area contributed by atoms with Gasteiger partial charge in [0.1, 0.15) is 12.1 Å². The molecule has 13 rings (SSSR count). The predicted molar refractivity (Wildman–Crippen MR) is 381 cm³/mol. The number of aryl methyl sites for hydroxylation is 1. The van der Waals surface area contributed by atoms with Crippen LogP contribution in [0.5, 0.6) is 0 Å². The third kappa shape index (κ3) is 12.4. The number of aromatic nitrogens is 2. The highest BCUT2D eigenvalue weighted by molar-refractivity contribution is 6.13. The smallest absolute Gasteiger partial charge is 0.101 e. The molecule has 98 heavy (non-hydrogen) atoms. The maximum Gasteiger partial charge on any atom is 0.101 e. The second kappa shape index (κ2) is 27.8. The van der Waals surface area contributed by atoms with Gasteiger partial charge in [0.15, 0.2) is 0 Å². The topological polar surface area (TPSA) is 272 Å². The molecule has 0 saturated carbocycles. The van der Waals surface area contributed by atoms with Crippen molar-refractivity contribution in [3.05, 3.63) is 291 Å². The van der Waals surface area contributed by atoms with Crippen LogP contribution in [-0.4, -0.2) is 9.13 Å². The van der Waals surface area contributed by atoms with E-state index in [0.717, 1.165) is 38.2 Å². The summed E-state index contributed by atoms with van der Waals surface area (Å²) >= 11 is 0. The van der Waals surface area contributed by atoms with E-state index in [1.807, 2.05) is 164 Å². The van der Waals surface area contributed by atoms with Crippen molar-refractivity contribution < 1.29 is 0 Å². The average molecular weight is 1250 g/mol. The molecule has 2 heterocycles. The van der Waals surface area contributed by atoms with Gasteiger partial charge in [0.25, 0.3) is 0 Å². The zero-order valence-corrected chi connectivity index (χ0v) is 53.2. The fourth-order valence-electron chi connectivity index (χ4n) is 12.3. The number of allylic oxidation sites excluding steroid dienone is 3. The minimum atomic E-state index is 0.317. The zero-order chi connectivity index (χ0) is 69.3. The number of hydrogen-bond acceptors (Lipinski definition) is 11. The number of benzene rings is 11. The van der Waals surface area contributed by atoms with Crippen molar-refractivity contribution in [2.45, 2.75) is 27.7 Å². The Bertz CT molecular complexity index is 5380. The monoisotopic (exact) mass is 1250 g/mol. The molecule has 0 unspecified atom stereocenters. The molecule has 0 aliphatic rings. The van der Waals surface area contributed by atoms with Crippen molar-refractivity contribution >= 4 is 49.2 Å². The van der Waals surface area contributed by atoms with Gasteiger partial charge in [-0.1, -0.05) is 99.3 Å². The van der Waals surface area contributed by atoms with E-state index in [-0.39, 0.29) is 0 Å². The summed E-state index contributed by atoms with van der Waals surface area (Å²) in [5.41, 5.74) is 17.5. The molecule has 13 heteroatoms. The van der Waals surface area contributed by atoms with E-state index in [0.29, 0.717) is 150 Å². The molecule has 0 radical (unpaired) electrons. The summed E-state index contributed by atoms with van der Waals surface area (Å²) in [6.07, 6.45) is 3.88. The van der Waals surface area contributed by atoms with Crippen LogP contribution in [-0.2, 0) is 0 Å². The molecule has 0 N–H and O–H groups in total. The Morgan fingerprint density at radius 2 is 0.551 bits per heavy atom. The van der Waals surface area contributed by atoms with Crippen molar-refractivity contribution in [1.82, 2.24) is 9.13 Å². The summed E-state index contributed by atoms with van der Waals surface area (Å²) in [6, 6.07) is 84.3. The maximum atomic E-state index is 11.0. The van der Waals surface area contributed by atoms with E-state index in [4.69, 9.17) is 5.26 Å². The first-order valence-corrected chi connectivity index (χ1v) is 30.7. The van der Waals surface area contributed by atoms with Gasteiger partial charge < -0.3 is 9.13 Å². The SMILES string of the molecule is C=C(/C=C\C)c1cc(C)cc(C#N)c1.CC.N#Cc1cc(C#N)cc(-c2ccc3c4ccc(-c5cc(C#N)cc(C#N)c5)cc4n(-c4cc(-c5ccc(C#N)c(-n6c7cc(-c8cc(C#N)cc(C#N)c8)ccc7c7ccc(-c8cc(C#N)cc(C#N)c8)cc76)c5)ccc4C#N)c3c2)c1. The Morgan fingerprint density at radius 3 is 0.806 bits per heavy atom. The van der Waals surface area contributed by atoms with E-state index >= 15 is 0 Å². The summed E-state index contributed by atoms with van der Waals surface area (Å²) in [7, 11) is 0. The van der Waals surface area contributed by atoms with E-state index < -0.39 is 0 Å². The first-order chi connectivity index (χ1) is 47.8. The number of rotatable bonds is 9. The largest absolute Gasteiger partial charge is 0.308 e. The van der Waals surface area contributed by atoms with Crippen LogP contribution in [0, 0.1) is 132 Å². The van der Waals surface area contributed by atoms with Gasteiger partial charge in [-0.15, -0.1) is 0 Å². The Balaban J connectivity index is 0.000000539. The van der Waals surface area contributed by atoms with E-state index in [1.54, 1.807) is 60.7 Å². The van der Waals surface area contributed by atoms with Crippen LogP contribution in [0.2, 0.25) is 0 Å². The van der Waals surface area contributed by atoms with E-state index in [9.17, 15) is 52.6 Å². The van der Waals surface area contributed by atoms with Gasteiger partial charge in [-0.25, -0.2) is 0 Å². The maximum absolute atomic E-state index is 11.0. The first-order valence-electron chi connectivity index (χ1n) is 30.7. The van der Waals surface area contributed by atoms with Crippen LogP contribution in [0.3, 0.4) is 0 Å². The summed E-state index contributed by atoms with van der Waals surface area (Å²) in [4.78, 5) is 0. The van der Waals surface area contributed by atoms with Gasteiger partial charge in [-0.05, 0) is 220 Å². The standard InChI is InChI=1S/C70H30N12.C13H13N.C2H6/c71-31-41-13-42(32-72)18-57(17-41)51-5-9-61-62-10-6-52(58-19-43(33-73)14-44(20-58)34-74)28-68(62)81(67(61)27-51)65-25-49(1-3-55(65)39-79)50-2-4-56(40-80)66(26-50)82-69-29-53(59-21-45(35-75)15-46(22-59)36-76)7-11-63(69)64-12-8-54(30-70(64)82)60-23-47(37-77)16-48(24-60)38-78;1-4-5-11(3)13-7-10(2)6-12(8-13)9-14;1-2/h1-30H;4-8H,3H2,1-2H3;1-2H3/b;5-4-;. The Labute approximate surface area is 565 Å². The normalized spacial score (nSPS) is 10.3. The van der Waals surface area contributed by atoms with E-state index in [2.05, 4.69) is 73.3 Å².